The largest absolute Gasteiger partial charge is 0.546 e. The second-order valence-corrected chi connectivity index (χ2v) is 4.78. The number of allylic oxidation sites excluding steroid dienone is 2. The average Bonchev–Trinajstić information content (AvgIpc) is 2.33. The van der Waals surface area contributed by atoms with Crippen LogP contribution >= 0.6 is 0 Å². The van der Waals surface area contributed by atoms with Gasteiger partial charge < -0.3 is 19.7 Å². The summed E-state index contributed by atoms with van der Waals surface area (Å²) in [6, 6.07) is 0. The van der Waals surface area contributed by atoms with E-state index < -0.39 is 16.6 Å². The van der Waals surface area contributed by atoms with E-state index in [4.69, 9.17) is 19.7 Å². The Balaban J connectivity index is 2.81. The molecule has 3 N–H and O–H groups in total. The Morgan fingerprint density at radius 3 is 2.31 bits per heavy atom. The molecule has 0 spiro atoms. The minimum absolute atomic E-state index is 0.345. The van der Waals surface area contributed by atoms with E-state index in [1.807, 2.05) is 13.8 Å². The highest BCUT2D eigenvalue weighted by molar-refractivity contribution is 6.77. The van der Waals surface area contributed by atoms with Gasteiger partial charge in [-0.15, -0.1) is 0 Å². The summed E-state index contributed by atoms with van der Waals surface area (Å²) in [6.07, 6.45) is 0. The van der Waals surface area contributed by atoms with Gasteiger partial charge in [-0.25, -0.2) is 0 Å². The van der Waals surface area contributed by atoms with Crippen molar-refractivity contribution in [3.63, 3.8) is 0 Å². The third kappa shape index (κ3) is 2.05. The van der Waals surface area contributed by atoms with Crippen molar-refractivity contribution < 1.29 is 19.7 Å². The van der Waals surface area contributed by atoms with Crippen LogP contribution in [0.3, 0.4) is 0 Å². The van der Waals surface area contributed by atoms with Crippen molar-refractivity contribution >= 4 is 24.3 Å². The molecule has 0 atom stereocenters. The van der Waals surface area contributed by atoms with Gasteiger partial charge in [-0.3, -0.25) is 0 Å². The topological polar surface area (TPSA) is 69.9 Å². The van der Waals surface area contributed by atoms with Crippen LogP contribution in [-0.2, 0) is 4.65 Å². The van der Waals surface area contributed by atoms with Gasteiger partial charge in [0.25, 0.3) is 0 Å². The Bertz CT molecular complexity index is 274. The lowest BCUT2D eigenvalue weighted by Crippen LogP contribution is -2.21. The zero-order valence-corrected chi connectivity index (χ0v) is 9.16. The highest BCUT2D eigenvalue weighted by atomic mass is 28.2. The van der Waals surface area contributed by atoms with Gasteiger partial charge in [0.2, 0.25) is 0 Å². The number of rotatable bonds is 3. The van der Waals surface area contributed by atoms with Crippen LogP contribution in [0.15, 0.2) is 21.6 Å². The monoisotopic (exact) mass is 198 g/mol. The Hall–Kier alpha value is -0.493. The molecule has 0 aromatic heterocycles. The third-order valence-corrected chi connectivity index (χ3v) is 4.70. The van der Waals surface area contributed by atoms with Gasteiger partial charge in [0.1, 0.15) is 9.52 Å². The zero-order chi connectivity index (χ0) is 10.0. The molecule has 1 aliphatic rings. The molecule has 1 heterocycles. The Kier molecular flexibility index (Phi) is 3.38. The van der Waals surface area contributed by atoms with Crippen molar-refractivity contribution in [3.8, 4) is 0 Å². The van der Waals surface area contributed by atoms with Crippen molar-refractivity contribution in [1.29, 1.82) is 0 Å². The maximum absolute atomic E-state index is 9.01. The molecule has 0 unspecified atom stereocenters. The Morgan fingerprint density at radius 2 is 1.92 bits per heavy atom. The van der Waals surface area contributed by atoms with Gasteiger partial charge in [0, 0.05) is 0 Å². The molecule has 4 nitrogen and oxygen atoms in total. The van der Waals surface area contributed by atoms with Crippen LogP contribution in [0, 0.1) is 0 Å². The summed E-state index contributed by atoms with van der Waals surface area (Å²) in [7, 11) is -2.62. The fourth-order valence-electron chi connectivity index (χ4n) is 1.41. The summed E-state index contributed by atoms with van der Waals surface area (Å²) < 4.78 is 5.00. The molecule has 13 heavy (non-hydrogen) atoms. The summed E-state index contributed by atoms with van der Waals surface area (Å²) in [5.41, 5.74) is 1.83. The lowest BCUT2D eigenvalue weighted by molar-refractivity contribution is 0.390. The Labute approximate surface area is 80.2 Å². The SMILES string of the molecule is CC1=C(OBO)[SiH2]C(B(O)O)=C1C. The average molecular weight is 198 g/mol. The van der Waals surface area contributed by atoms with Gasteiger partial charge in [-0.2, -0.15) is 0 Å². The van der Waals surface area contributed by atoms with Gasteiger partial charge in [0.15, 0.2) is 0 Å². The molecular weight excluding hydrogens is 186 g/mol. The first-order chi connectivity index (χ1) is 6.07. The summed E-state index contributed by atoms with van der Waals surface area (Å²) in [6.45, 7) is 3.70. The van der Waals surface area contributed by atoms with Crippen LogP contribution in [0.1, 0.15) is 13.8 Å². The van der Waals surface area contributed by atoms with Crippen LogP contribution in [0.2, 0.25) is 0 Å². The van der Waals surface area contributed by atoms with Crippen molar-refractivity contribution in [1.82, 2.24) is 0 Å². The van der Waals surface area contributed by atoms with Gasteiger partial charge in [0.05, 0.1) is 5.38 Å². The highest BCUT2D eigenvalue weighted by Crippen LogP contribution is 2.26. The molecule has 70 valence electrons. The summed E-state index contributed by atoms with van der Waals surface area (Å²) in [4.78, 5) is 0. The molecule has 0 aromatic rings. The molecule has 0 radical (unpaired) electrons. The van der Waals surface area contributed by atoms with Crippen LogP contribution in [-0.4, -0.2) is 39.4 Å². The van der Waals surface area contributed by atoms with Gasteiger partial charge in [-0.05, 0) is 24.5 Å². The Morgan fingerprint density at radius 1 is 1.31 bits per heavy atom. The van der Waals surface area contributed by atoms with Crippen molar-refractivity contribution in [2.45, 2.75) is 13.8 Å². The fraction of sp³-hybridized carbons (Fsp3) is 0.333. The first kappa shape index (κ1) is 10.6. The predicted molar refractivity (Wildman–Crippen MR) is 54.6 cm³/mol. The van der Waals surface area contributed by atoms with E-state index in [0.29, 0.717) is 5.10 Å². The number of hydrogen-bond donors (Lipinski definition) is 3. The van der Waals surface area contributed by atoms with E-state index in [-0.39, 0.29) is 7.69 Å². The maximum Gasteiger partial charge on any atom is 0.503 e. The molecular formula is C6H12B2O4Si. The van der Waals surface area contributed by atoms with Crippen molar-refractivity contribution in [2.75, 3.05) is 0 Å². The van der Waals surface area contributed by atoms with E-state index in [1.54, 1.807) is 0 Å². The normalized spacial score (nSPS) is 18.5. The molecule has 0 aromatic carbocycles. The second kappa shape index (κ2) is 4.14. The smallest absolute Gasteiger partial charge is 0.503 e. The summed E-state index contributed by atoms with van der Waals surface area (Å²) in [5, 5.41) is 28.0. The summed E-state index contributed by atoms with van der Waals surface area (Å²) in [5.74, 6) is 0. The first-order valence-electron chi connectivity index (χ1n) is 4.07. The second-order valence-electron chi connectivity index (χ2n) is 3.02. The quantitative estimate of drug-likeness (QED) is 0.457. The summed E-state index contributed by atoms with van der Waals surface area (Å²) >= 11 is 0. The van der Waals surface area contributed by atoms with Crippen LogP contribution in [0.5, 0.6) is 0 Å². The standard InChI is InChI=1S/C6H12B2O4Si/c1-3-4(2)6(12-7-9)13-5(3)8(10)11/h7,9-11H,13H2,1-2H3. The van der Waals surface area contributed by atoms with Crippen molar-refractivity contribution in [2.24, 2.45) is 0 Å². The maximum atomic E-state index is 9.01. The molecule has 0 amide bonds. The van der Waals surface area contributed by atoms with Gasteiger partial charge >= 0.3 is 14.8 Å². The fourth-order valence-corrected chi connectivity index (χ4v) is 3.19. The molecule has 1 aliphatic heterocycles. The van der Waals surface area contributed by atoms with Crippen LogP contribution in [0.4, 0.5) is 0 Å². The molecule has 1 rings (SSSR count). The van der Waals surface area contributed by atoms with E-state index in [9.17, 15) is 0 Å². The van der Waals surface area contributed by atoms with E-state index in [2.05, 4.69) is 0 Å². The minimum Gasteiger partial charge on any atom is -0.546 e. The molecule has 0 bridgehead atoms. The molecule has 0 aliphatic carbocycles. The first-order valence-corrected chi connectivity index (χ1v) is 5.49. The third-order valence-electron chi connectivity index (χ3n) is 2.36. The highest BCUT2D eigenvalue weighted by Gasteiger charge is 2.27. The predicted octanol–water partition coefficient (Wildman–Crippen LogP) is -2.04. The van der Waals surface area contributed by atoms with Crippen molar-refractivity contribution in [3.05, 3.63) is 21.6 Å². The van der Waals surface area contributed by atoms with Gasteiger partial charge in [-0.1, -0.05) is 5.57 Å². The van der Waals surface area contributed by atoms with E-state index in [1.165, 1.54) is 0 Å². The molecule has 0 saturated heterocycles. The molecule has 0 saturated carbocycles. The molecule has 7 heteroatoms. The van der Waals surface area contributed by atoms with E-state index in [0.717, 1.165) is 16.5 Å². The molecule has 0 fully saturated rings. The van der Waals surface area contributed by atoms with Crippen LogP contribution in [0.25, 0.3) is 0 Å². The number of hydrogen-bond acceptors (Lipinski definition) is 4. The van der Waals surface area contributed by atoms with Crippen LogP contribution < -0.4 is 0 Å². The minimum atomic E-state index is -1.37. The lowest BCUT2D eigenvalue weighted by atomic mass is 9.86. The lowest BCUT2D eigenvalue weighted by Gasteiger charge is -2.04. The zero-order valence-electron chi connectivity index (χ0n) is 7.74. The van der Waals surface area contributed by atoms with E-state index >= 15 is 0 Å².